The van der Waals surface area contributed by atoms with E-state index in [4.69, 9.17) is 0 Å². The zero-order valence-corrected chi connectivity index (χ0v) is 12.8. The Kier molecular flexibility index (Phi) is 4.52. The first kappa shape index (κ1) is 15.0. The predicted octanol–water partition coefficient (Wildman–Crippen LogP) is 2.52. The Morgan fingerprint density at radius 1 is 1.19 bits per heavy atom. The van der Waals surface area contributed by atoms with E-state index >= 15 is 0 Å². The van der Waals surface area contributed by atoms with E-state index in [2.05, 4.69) is 25.7 Å². The third kappa shape index (κ3) is 3.36. The summed E-state index contributed by atoms with van der Waals surface area (Å²) in [4.78, 5) is 20.3. The molecule has 0 fully saturated rings. The smallest absolute Gasteiger partial charge is 0.305 e. The second-order valence-electron chi connectivity index (χ2n) is 4.68. The number of hydrogen-bond donors (Lipinski definition) is 2. The minimum Gasteiger partial charge on any atom is -0.305 e. The Morgan fingerprint density at radius 3 is 2.38 bits per heavy atom. The van der Waals surface area contributed by atoms with Crippen molar-refractivity contribution in [1.82, 2.24) is 19.7 Å². The third-order valence-electron chi connectivity index (χ3n) is 3.20. The lowest BCUT2D eigenvalue weighted by atomic mass is 10.3. The van der Waals surface area contributed by atoms with Crippen LogP contribution in [0.15, 0.2) is 12.4 Å². The summed E-state index contributed by atoms with van der Waals surface area (Å²) in [6.07, 6.45) is 3.96. The van der Waals surface area contributed by atoms with Crippen molar-refractivity contribution in [1.29, 1.82) is 0 Å². The van der Waals surface area contributed by atoms with E-state index in [1.165, 1.54) is 0 Å². The predicted molar refractivity (Wildman–Crippen MR) is 81.4 cm³/mol. The third-order valence-corrected chi connectivity index (χ3v) is 3.20. The highest BCUT2D eigenvalue weighted by molar-refractivity contribution is 6.00. The summed E-state index contributed by atoms with van der Waals surface area (Å²) in [6.45, 7) is 8.55. The monoisotopic (exact) mass is 288 g/mol. The summed E-state index contributed by atoms with van der Waals surface area (Å²) in [5, 5.41) is 9.89. The number of carbonyl (C=O) groups excluding carboxylic acids is 1. The van der Waals surface area contributed by atoms with Crippen LogP contribution in [0.25, 0.3) is 0 Å². The molecule has 0 aromatic carbocycles. The van der Waals surface area contributed by atoms with Gasteiger partial charge in [0.15, 0.2) is 0 Å². The molecule has 2 aromatic rings. The Bertz CT molecular complexity index is 632. The first-order valence-electron chi connectivity index (χ1n) is 6.98. The van der Waals surface area contributed by atoms with E-state index in [1.807, 2.05) is 32.4 Å². The largest absolute Gasteiger partial charge is 0.323 e. The van der Waals surface area contributed by atoms with Gasteiger partial charge < -0.3 is 10.6 Å². The van der Waals surface area contributed by atoms with Gasteiger partial charge in [0.05, 0.1) is 35.2 Å². The summed E-state index contributed by atoms with van der Waals surface area (Å²) in [5.41, 5.74) is 3.02. The molecule has 0 saturated carbocycles. The van der Waals surface area contributed by atoms with Gasteiger partial charge in [0.1, 0.15) is 5.82 Å². The topological polar surface area (TPSA) is 84.7 Å². The van der Waals surface area contributed by atoms with E-state index in [1.54, 1.807) is 12.4 Å². The van der Waals surface area contributed by atoms with Gasteiger partial charge in [-0.3, -0.25) is 4.68 Å². The molecule has 2 heterocycles. The van der Waals surface area contributed by atoms with Crippen molar-refractivity contribution in [3.05, 3.63) is 29.6 Å². The molecule has 0 saturated heterocycles. The maximum atomic E-state index is 12.0. The highest BCUT2D eigenvalue weighted by Gasteiger charge is 2.13. The second-order valence-corrected chi connectivity index (χ2v) is 4.68. The van der Waals surface area contributed by atoms with Crippen LogP contribution in [0.1, 0.15) is 31.1 Å². The Morgan fingerprint density at radius 2 is 1.86 bits per heavy atom. The maximum absolute atomic E-state index is 12.0. The van der Waals surface area contributed by atoms with Gasteiger partial charge in [-0.1, -0.05) is 6.92 Å². The standard InChI is InChI=1S/C14H20N6O/c1-5-12-15-7-11(8-16-12)17-14(21)18-13-9(3)19-20(6-2)10(13)4/h7-8H,5-6H2,1-4H3,(H2,17,18,21). The summed E-state index contributed by atoms with van der Waals surface area (Å²) < 4.78 is 1.85. The molecule has 0 bridgehead atoms. The number of carbonyl (C=O) groups is 1. The van der Waals surface area contributed by atoms with Gasteiger partial charge in [0, 0.05) is 13.0 Å². The van der Waals surface area contributed by atoms with Gasteiger partial charge in [-0.05, 0) is 20.8 Å². The van der Waals surface area contributed by atoms with E-state index in [0.29, 0.717) is 5.69 Å². The van der Waals surface area contributed by atoms with Crippen LogP contribution in [-0.2, 0) is 13.0 Å². The summed E-state index contributed by atoms with van der Waals surface area (Å²) in [7, 11) is 0. The van der Waals surface area contributed by atoms with Crippen molar-refractivity contribution in [2.75, 3.05) is 10.6 Å². The van der Waals surface area contributed by atoms with Crippen LogP contribution in [0.4, 0.5) is 16.2 Å². The number of hydrogen-bond acceptors (Lipinski definition) is 4. The molecular formula is C14H20N6O. The van der Waals surface area contributed by atoms with Crippen molar-refractivity contribution >= 4 is 17.4 Å². The molecular weight excluding hydrogens is 268 g/mol. The molecule has 2 N–H and O–H groups in total. The van der Waals surface area contributed by atoms with Gasteiger partial charge in [-0.15, -0.1) is 0 Å². The first-order chi connectivity index (χ1) is 10.0. The van der Waals surface area contributed by atoms with E-state index < -0.39 is 0 Å². The van der Waals surface area contributed by atoms with Crippen LogP contribution in [0, 0.1) is 13.8 Å². The number of urea groups is 1. The van der Waals surface area contributed by atoms with E-state index in [-0.39, 0.29) is 6.03 Å². The molecule has 0 aliphatic rings. The first-order valence-corrected chi connectivity index (χ1v) is 6.98. The summed E-state index contributed by atoms with van der Waals surface area (Å²) in [6, 6.07) is -0.329. The summed E-state index contributed by atoms with van der Waals surface area (Å²) in [5.74, 6) is 0.747. The molecule has 7 heteroatoms. The molecule has 7 nitrogen and oxygen atoms in total. The average Bonchev–Trinajstić information content (AvgIpc) is 2.75. The second kappa shape index (κ2) is 6.34. The number of nitrogens with one attached hydrogen (secondary N) is 2. The maximum Gasteiger partial charge on any atom is 0.323 e. The lowest BCUT2D eigenvalue weighted by Crippen LogP contribution is -2.20. The van der Waals surface area contributed by atoms with E-state index in [0.717, 1.165) is 35.9 Å². The fraction of sp³-hybridized carbons (Fsp3) is 0.429. The molecule has 112 valence electrons. The molecule has 2 rings (SSSR count). The van der Waals surface area contributed by atoms with Gasteiger partial charge in [0.25, 0.3) is 0 Å². The van der Waals surface area contributed by atoms with Gasteiger partial charge in [-0.25, -0.2) is 14.8 Å². The number of aromatic nitrogens is 4. The number of amides is 2. The van der Waals surface area contributed by atoms with Crippen LogP contribution in [0.5, 0.6) is 0 Å². The lowest BCUT2D eigenvalue weighted by molar-refractivity contribution is 0.262. The Labute approximate surface area is 123 Å². The Balaban J connectivity index is 2.06. The molecule has 0 radical (unpaired) electrons. The van der Waals surface area contributed by atoms with Crippen molar-refractivity contribution in [2.24, 2.45) is 0 Å². The van der Waals surface area contributed by atoms with Crippen molar-refractivity contribution in [2.45, 2.75) is 40.7 Å². The normalized spacial score (nSPS) is 10.5. The number of nitrogens with zero attached hydrogens (tertiary/aromatic N) is 4. The van der Waals surface area contributed by atoms with Crippen LogP contribution < -0.4 is 10.6 Å². The van der Waals surface area contributed by atoms with Crippen molar-refractivity contribution in [3.8, 4) is 0 Å². The minimum absolute atomic E-state index is 0.329. The molecule has 0 aliphatic carbocycles. The van der Waals surface area contributed by atoms with Crippen LogP contribution >= 0.6 is 0 Å². The number of aryl methyl sites for hydroxylation is 3. The fourth-order valence-corrected chi connectivity index (χ4v) is 2.06. The van der Waals surface area contributed by atoms with Crippen LogP contribution in [0.2, 0.25) is 0 Å². The lowest BCUT2D eigenvalue weighted by Gasteiger charge is -2.08. The van der Waals surface area contributed by atoms with Gasteiger partial charge >= 0.3 is 6.03 Å². The Hall–Kier alpha value is -2.44. The van der Waals surface area contributed by atoms with Crippen LogP contribution in [-0.4, -0.2) is 25.8 Å². The quantitative estimate of drug-likeness (QED) is 0.905. The zero-order valence-electron chi connectivity index (χ0n) is 12.8. The van der Waals surface area contributed by atoms with Crippen LogP contribution in [0.3, 0.4) is 0 Å². The molecule has 2 aromatic heterocycles. The van der Waals surface area contributed by atoms with Crippen molar-refractivity contribution < 1.29 is 4.79 Å². The molecule has 0 atom stereocenters. The highest BCUT2D eigenvalue weighted by Crippen LogP contribution is 2.19. The molecule has 0 unspecified atom stereocenters. The molecule has 0 spiro atoms. The molecule has 0 aliphatic heterocycles. The average molecular weight is 288 g/mol. The van der Waals surface area contributed by atoms with Crippen molar-refractivity contribution in [3.63, 3.8) is 0 Å². The molecule has 2 amide bonds. The SMILES string of the molecule is CCc1ncc(NC(=O)Nc2c(C)nn(CC)c2C)cn1. The highest BCUT2D eigenvalue weighted by atomic mass is 16.2. The fourth-order valence-electron chi connectivity index (χ4n) is 2.06. The number of anilines is 2. The molecule has 21 heavy (non-hydrogen) atoms. The van der Waals surface area contributed by atoms with Gasteiger partial charge in [0.2, 0.25) is 0 Å². The minimum atomic E-state index is -0.329. The summed E-state index contributed by atoms with van der Waals surface area (Å²) >= 11 is 0. The van der Waals surface area contributed by atoms with E-state index in [9.17, 15) is 4.79 Å². The van der Waals surface area contributed by atoms with Gasteiger partial charge in [-0.2, -0.15) is 5.10 Å². The zero-order chi connectivity index (χ0) is 15.4. The number of rotatable bonds is 4.